The van der Waals surface area contributed by atoms with Gasteiger partial charge < -0.3 is 15.0 Å². The van der Waals surface area contributed by atoms with Gasteiger partial charge in [0, 0.05) is 12.6 Å². The second kappa shape index (κ2) is 8.78. The summed E-state index contributed by atoms with van der Waals surface area (Å²) in [6, 6.07) is 4.22. The van der Waals surface area contributed by atoms with Crippen molar-refractivity contribution >= 4 is 17.8 Å². The van der Waals surface area contributed by atoms with Crippen LogP contribution in [0.15, 0.2) is 24.3 Å². The molecule has 7 heteroatoms. The number of esters is 1. The SMILES string of the molecule is CC(C)C(NC(=O)c1ccc(F)cc1)C(=O)N(C)CC(=O)OC(C)(C)C. The van der Waals surface area contributed by atoms with Gasteiger partial charge in [0.2, 0.25) is 5.91 Å². The molecule has 0 fully saturated rings. The average Bonchev–Trinajstić information content (AvgIpc) is 2.50. The normalized spacial score (nSPS) is 12.5. The van der Waals surface area contributed by atoms with E-state index in [0.717, 1.165) is 0 Å². The number of likely N-dealkylation sites (N-methyl/N-ethyl adjacent to an activating group) is 1. The molecule has 1 aromatic carbocycles. The number of hydrogen-bond donors (Lipinski definition) is 1. The molecule has 0 heterocycles. The second-order valence-electron chi connectivity index (χ2n) is 7.48. The molecule has 1 unspecified atom stereocenters. The molecule has 1 N–H and O–H groups in total. The molecule has 0 radical (unpaired) electrons. The monoisotopic (exact) mass is 366 g/mol. The first-order valence-electron chi connectivity index (χ1n) is 8.44. The molecule has 0 aromatic heterocycles. The number of rotatable bonds is 6. The predicted molar refractivity (Wildman–Crippen MR) is 96.0 cm³/mol. The Hall–Kier alpha value is -2.44. The molecule has 6 nitrogen and oxygen atoms in total. The lowest BCUT2D eigenvalue weighted by atomic mass is 10.0. The van der Waals surface area contributed by atoms with Gasteiger partial charge in [-0.15, -0.1) is 0 Å². The van der Waals surface area contributed by atoms with Crippen LogP contribution in [0, 0.1) is 11.7 Å². The van der Waals surface area contributed by atoms with Crippen LogP contribution in [0.5, 0.6) is 0 Å². The maximum Gasteiger partial charge on any atom is 0.326 e. The summed E-state index contributed by atoms with van der Waals surface area (Å²) < 4.78 is 18.2. The van der Waals surface area contributed by atoms with Crippen molar-refractivity contribution in [2.75, 3.05) is 13.6 Å². The zero-order chi connectivity index (χ0) is 20.1. The summed E-state index contributed by atoms with van der Waals surface area (Å²) in [5.41, 5.74) is -0.394. The van der Waals surface area contributed by atoms with Crippen molar-refractivity contribution in [3.8, 4) is 0 Å². The van der Waals surface area contributed by atoms with Crippen molar-refractivity contribution in [1.29, 1.82) is 0 Å². The number of carbonyl (C=O) groups is 3. The van der Waals surface area contributed by atoms with E-state index >= 15 is 0 Å². The molecular formula is C19H27FN2O4. The first-order chi connectivity index (χ1) is 11.9. The van der Waals surface area contributed by atoms with Gasteiger partial charge in [-0.3, -0.25) is 14.4 Å². The first-order valence-corrected chi connectivity index (χ1v) is 8.44. The number of nitrogens with one attached hydrogen (secondary N) is 1. The molecule has 144 valence electrons. The zero-order valence-electron chi connectivity index (χ0n) is 16.1. The Morgan fingerprint density at radius 3 is 2.15 bits per heavy atom. The highest BCUT2D eigenvalue weighted by molar-refractivity contribution is 5.98. The molecule has 1 aromatic rings. The molecular weight excluding hydrogens is 339 g/mol. The highest BCUT2D eigenvalue weighted by Crippen LogP contribution is 2.11. The van der Waals surface area contributed by atoms with E-state index in [4.69, 9.17) is 4.74 Å². The highest BCUT2D eigenvalue weighted by atomic mass is 19.1. The Morgan fingerprint density at radius 2 is 1.69 bits per heavy atom. The lowest BCUT2D eigenvalue weighted by molar-refractivity contribution is -0.158. The van der Waals surface area contributed by atoms with Crippen LogP contribution in [-0.4, -0.2) is 47.9 Å². The van der Waals surface area contributed by atoms with E-state index in [1.807, 2.05) is 0 Å². The van der Waals surface area contributed by atoms with Crippen LogP contribution < -0.4 is 5.32 Å². The second-order valence-corrected chi connectivity index (χ2v) is 7.48. The number of nitrogens with zero attached hydrogens (tertiary/aromatic N) is 1. The summed E-state index contributed by atoms with van der Waals surface area (Å²) in [5, 5.41) is 2.65. The predicted octanol–water partition coefficient (Wildman–Crippen LogP) is 2.38. The van der Waals surface area contributed by atoms with Crippen molar-refractivity contribution < 1.29 is 23.5 Å². The number of amides is 2. The largest absolute Gasteiger partial charge is 0.459 e. The number of ether oxygens (including phenoxy) is 1. The molecule has 0 spiro atoms. The first kappa shape index (κ1) is 21.6. The minimum atomic E-state index is -0.819. The van der Waals surface area contributed by atoms with Crippen molar-refractivity contribution in [2.24, 2.45) is 5.92 Å². The van der Waals surface area contributed by atoms with Gasteiger partial charge in [0.1, 0.15) is 24.0 Å². The van der Waals surface area contributed by atoms with Gasteiger partial charge in [-0.2, -0.15) is 0 Å². The van der Waals surface area contributed by atoms with Crippen molar-refractivity contribution in [3.63, 3.8) is 0 Å². The number of halogens is 1. The Labute approximate surface area is 153 Å². The van der Waals surface area contributed by atoms with Gasteiger partial charge in [0.15, 0.2) is 0 Å². The minimum absolute atomic E-state index is 0.201. The van der Waals surface area contributed by atoms with E-state index in [2.05, 4.69) is 5.32 Å². The lowest BCUT2D eigenvalue weighted by Crippen LogP contribution is -2.51. The van der Waals surface area contributed by atoms with Crippen LogP contribution in [-0.2, 0) is 14.3 Å². The number of carbonyl (C=O) groups excluding carboxylic acids is 3. The van der Waals surface area contributed by atoms with Gasteiger partial charge in [-0.05, 0) is 51.0 Å². The highest BCUT2D eigenvalue weighted by Gasteiger charge is 2.29. The van der Waals surface area contributed by atoms with Gasteiger partial charge >= 0.3 is 5.97 Å². The van der Waals surface area contributed by atoms with Crippen LogP contribution in [0.1, 0.15) is 45.0 Å². The number of hydrogen-bond acceptors (Lipinski definition) is 4. The molecule has 2 amide bonds. The van der Waals surface area contributed by atoms with Gasteiger partial charge in [0.25, 0.3) is 5.91 Å². The minimum Gasteiger partial charge on any atom is -0.459 e. The molecule has 0 saturated heterocycles. The Balaban J connectivity index is 2.78. The Morgan fingerprint density at radius 1 is 1.15 bits per heavy atom. The van der Waals surface area contributed by atoms with E-state index in [9.17, 15) is 18.8 Å². The maximum atomic E-state index is 13.0. The third-order valence-electron chi connectivity index (χ3n) is 3.49. The molecule has 0 aliphatic rings. The fraction of sp³-hybridized carbons (Fsp3) is 0.526. The third kappa shape index (κ3) is 6.82. The Bertz CT molecular complexity index is 650. The molecule has 0 aliphatic carbocycles. The summed E-state index contributed by atoms with van der Waals surface area (Å²) in [5.74, 6) is -2.06. The summed E-state index contributed by atoms with van der Waals surface area (Å²) in [7, 11) is 1.48. The maximum absolute atomic E-state index is 13.0. The Kier molecular flexibility index (Phi) is 7.29. The van der Waals surface area contributed by atoms with Gasteiger partial charge in [-0.1, -0.05) is 13.8 Å². The third-order valence-corrected chi connectivity index (χ3v) is 3.49. The lowest BCUT2D eigenvalue weighted by Gasteiger charge is -2.27. The van der Waals surface area contributed by atoms with Gasteiger partial charge in [-0.25, -0.2) is 4.39 Å². The van der Waals surface area contributed by atoms with E-state index in [1.54, 1.807) is 34.6 Å². The van der Waals surface area contributed by atoms with Crippen LogP contribution >= 0.6 is 0 Å². The summed E-state index contributed by atoms with van der Waals surface area (Å²) >= 11 is 0. The van der Waals surface area contributed by atoms with Crippen LogP contribution in [0.2, 0.25) is 0 Å². The van der Waals surface area contributed by atoms with E-state index in [1.165, 1.54) is 36.2 Å². The van der Waals surface area contributed by atoms with Crippen molar-refractivity contribution in [2.45, 2.75) is 46.3 Å². The molecule has 0 bridgehead atoms. The van der Waals surface area contributed by atoms with Crippen LogP contribution in [0.25, 0.3) is 0 Å². The molecule has 1 rings (SSSR count). The topological polar surface area (TPSA) is 75.7 Å². The fourth-order valence-corrected chi connectivity index (χ4v) is 2.22. The summed E-state index contributed by atoms with van der Waals surface area (Å²) in [6.07, 6.45) is 0. The summed E-state index contributed by atoms with van der Waals surface area (Å²) in [4.78, 5) is 38.1. The summed E-state index contributed by atoms with van der Waals surface area (Å²) in [6.45, 7) is 8.58. The van der Waals surface area contributed by atoms with Crippen molar-refractivity contribution in [1.82, 2.24) is 10.2 Å². The average molecular weight is 366 g/mol. The molecule has 0 aliphatic heterocycles. The van der Waals surface area contributed by atoms with Crippen molar-refractivity contribution in [3.05, 3.63) is 35.6 Å². The van der Waals surface area contributed by atoms with Gasteiger partial charge in [0.05, 0.1) is 0 Å². The smallest absolute Gasteiger partial charge is 0.326 e. The molecule has 26 heavy (non-hydrogen) atoms. The molecule has 0 saturated carbocycles. The fourth-order valence-electron chi connectivity index (χ4n) is 2.22. The number of benzene rings is 1. The quantitative estimate of drug-likeness (QED) is 0.785. The zero-order valence-corrected chi connectivity index (χ0v) is 16.1. The van der Waals surface area contributed by atoms with E-state index in [0.29, 0.717) is 0 Å². The standard InChI is InChI=1S/C19H27FN2O4/c1-12(2)16(21-17(24)13-7-9-14(20)10-8-13)18(25)22(6)11-15(23)26-19(3,4)5/h7-10,12,16H,11H2,1-6H3,(H,21,24). The molecule has 1 atom stereocenters. The van der Waals surface area contributed by atoms with E-state index < -0.39 is 35.2 Å². The van der Waals surface area contributed by atoms with Crippen LogP contribution in [0.3, 0.4) is 0 Å². The van der Waals surface area contributed by atoms with E-state index in [-0.39, 0.29) is 18.0 Å². The van der Waals surface area contributed by atoms with Crippen LogP contribution in [0.4, 0.5) is 4.39 Å².